The average Bonchev–Trinajstić information content (AvgIpc) is 2.70. The van der Waals surface area contributed by atoms with Crippen LogP contribution in [0.1, 0.15) is 31.8 Å². The van der Waals surface area contributed by atoms with E-state index in [-0.39, 0.29) is 69.2 Å². The molecule has 30 heavy (non-hydrogen) atoms. The Bertz CT molecular complexity index is 1330. The van der Waals surface area contributed by atoms with Gasteiger partial charge in [-0.05, 0) is 24.3 Å². The van der Waals surface area contributed by atoms with Gasteiger partial charge in [0.25, 0.3) is 10.1 Å². The monoisotopic (exact) mass is 431 g/mol. The summed E-state index contributed by atoms with van der Waals surface area (Å²) in [7, 11) is -4.65. The van der Waals surface area contributed by atoms with Gasteiger partial charge in [0.15, 0.2) is 11.6 Å². The first-order valence-electron chi connectivity index (χ1n) is 8.31. The van der Waals surface area contributed by atoms with E-state index in [1.807, 2.05) is 0 Å². The van der Waals surface area contributed by atoms with E-state index in [1.165, 1.54) is 18.2 Å². The molecule has 1 aliphatic rings. The molecule has 0 bridgehead atoms. The predicted molar refractivity (Wildman–Crippen MR) is 102 cm³/mol. The Labute approximate surface area is 193 Å². The Kier molecular flexibility index (Phi) is 6.02. The van der Waals surface area contributed by atoms with Crippen LogP contribution < -0.4 is 29.6 Å². The van der Waals surface area contributed by atoms with Crippen LogP contribution >= 0.6 is 0 Å². The molecule has 1 aliphatic carbocycles. The molecule has 3 aromatic carbocycles. The average molecular weight is 431 g/mol. The number of azo groups is 1. The zero-order valence-electron chi connectivity index (χ0n) is 15.6. The molecule has 2 N–H and O–H groups in total. The SMILES string of the molecule is O=C1c2ccccc2C(=O)c2c(N=Nc3ccc(O)c(S(=O)(=O)O)c3)cccc21.[Na+]. The fraction of sp³-hybridized carbons (Fsp3) is 0. The number of carbonyl (C=O) groups is 2. The van der Waals surface area contributed by atoms with Crippen molar-refractivity contribution in [3.8, 4) is 5.75 Å². The van der Waals surface area contributed by atoms with E-state index in [4.69, 9.17) is 4.55 Å². The molecule has 0 heterocycles. The van der Waals surface area contributed by atoms with Gasteiger partial charge < -0.3 is 5.11 Å². The summed E-state index contributed by atoms with van der Waals surface area (Å²) < 4.78 is 31.8. The van der Waals surface area contributed by atoms with Crippen molar-refractivity contribution < 1.29 is 57.2 Å². The van der Waals surface area contributed by atoms with Crippen LogP contribution in [-0.2, 0) is 10.1 Å². The van der Waals surface area contributed by atoms with E-state index in [0.717, 1.165) is 12.1 Å². The van der Waals surface area contributed by atoms with Gasteiger partial charge in [0.1, 0.15) is 10.6 Å². The molecule has 0 saturated carbocycles. The number of phenols is 1. The number of nitrogens with zero attached hydrogens (tertiary/aromatic N) is 2. The molecule has 0 aliphatic heterocycles. The zero-order chi connectivity index (χ0) is 20.8. The number of ketones is 2. The maximum atomic E-state index is 12.9. The summed E-state index contributed by atoms with van der Waals surface area (Å²) >= 11 is 0. The van der Waals surface area contributed by atoms with Crippen LogP contribution in [0.25, 0.3) is 0 Å². The van der Waals surface area contributed by atoms with Gasteiger partial charge in [-0.2, -0.15) is 13.5 Å². The van der Waals surface area contributed by atoms with E-state index in [0.29, 0.717) is 5.56 Å². The summed E-state index contributed by atoms with van der Waals surface area (Å²) in [5.74, 6) is -1.31. The maximum absolute atomic E-state index is 12.9. The number of fused-ring (bicyclic) bond motifs is 2. The maximum Gasteiger partial charge on any atom is 1.00 e. The molecule has 0 fully saturated rings. The van der Waals surface area contributed by atoms with Crippen molar-refractivity contribution in [1.29, 1.82) is 0 Å². The van der Waals surface area contributed by atoms with Crippen LogP contribution in [0.5, 0.6) is 5.75 Å². The summed E-state index contributed by atoms with van der Waals surface area (Å²) in [6.07, 6.45) is 0. The summed E-state index contributed by atoms with van der Waals surface area (Å²) in [5, 5.41) is 17.5. The zero-order valence-corrected chi connectivity index (χ0v) is 18.4. The molecule has 0 saturated heterocycles. The Morgan fingerprint density at radius 2 is 1.40 bits per heavy atom. The first-order chi connectivity index (χ1) is 13.8. The second-order valence-corrected chi connectivity index (χ2v) is 7.62. The van der Waals surface area contributed by atoms with Crippen LogP contribution in [0.3, 0.4) is 0 Å². The van der Waals surface area contributed by atoms with Gasteiger partial charge in [0.2, 0.25) is 0 Å². The Morgan fingerprint density at radius 3 is 2.07 bits per heavy atom. The molecule has 10 heteroatoms. The second kappa shape index (κ2) is 8.21. The van der Waals surface area contributed by atoms with Crippen molar-refractivity contribution in [3.63, 3.8) is 0 Å². The molecule has 0 unspecified atom stereocenters. The fourth-order valence-corrected chi connectivity index (χ4v) is 3.70. The van der Waals surface area contributed by atoms with Crippen molar-refractivity contribution in [2.45, 2.75) is 4.90 Å². The summed E-state index contributed by atoms with van der Waals surface area (Å²) in [6.45, 7) is 0. The quantitative estimate of drug-likeness (QED) is 0.280. The van der Waals surface area contributed by atoms with E-state index < -0.39 is 20.8 Å². The number of aromatic hydroxyl groups is 1. The normalized spacial score (nSPS) is 13.0. The number of benzene rings is 3. The Morgan fingerprint density at radius 1 is 0.767 bits per heavy atom. The molecule has 144 valence electrons. The minimum Gasteiger partial charge on any atom is -0.506 e. The van der Waals surface area contributed by atoms with Crippen molar-refractivity contribution in [2.24, 2.45) is 10.2 Å². The first kappa shape index (κ1) is 22.0. The third-order valence-electron chi connectivity index (χ3n) is 4.42. The standard InChI is InChI=1S/C20H12N2O6S.Na/c23-16-9-8-11(10-17(16)29(26,27)28)21-22-15-7-3-6-14-18(15)20(25)13-5-2-1-4-12(13)19(14)24;/h1-10,23H,(H,26,27,28);/q;+1. The Balaban J connectivity index is 0.00000256. The predicted octanol–water partition coefficient (Wildman–Crippen LogP) is 0.834. The molecule has 0 spiro atoms. The van der Waals surface area contributed by atoms with E-state index >= 15 is 0 Å². The molecular formula is C20H12N2NaO6S+. The van der Waals surface area contributed by atoms with E-state index in [1.54, 1.807) is 30.3 Å². The van der Waals surface area contributed by atoms with E-state index in [2.05, 4.69) is 10.2 Å². The number of phenolic OH excluding ortho intramolecular Hbond substituents is 1. The number of rotatable bonds is 3. The minimum atomic E-state index is -4.65. The molecule has 4 rings (SSSR count). The largest absolute Gasteiger partial charge is 1.00 e. The van der Waals surface area contributed by atoms with Crippen LogP contribution in [0.15, 0.2) is 75.8 Å². The van der Waals surface area contributed by atoms with Gasteiger partial charge in [-0.3, -0.25) is 14.1 Å². The first-order valence-corrected chi connectivity index (χ1v) is 9.75. The Hall–Kier alpha value is -2.69. The molecular weight excluding hydrogens is 419 g/mol. The second-order valence-electron chi connectivity index (χ2n) is 6.23. The van der Waals surface area contributed by atoms with Gasteiger partial charge in [0.05, 0.1) is 16.9 Å². The molecule has 3 aromatic rings. The molecule has 8 nitrogen and oxygen atoms in total. The minimum absolute atomic E-state index is 0. The number of carbonyl (C=O) groups excluding carboxylic acids is 2. The molecule has 0 atom stereocenters. The van der Waals surface area contributed by atoms with Crippen molar-refractivity contribution in [2.75, 3.05) is 0 Å². The fourth-order valence-electron chi connectivity index (χ4n) is 3.09. The van der Waals surface area contributed by atoms with Crippen LogP contribution in [-0.4, -0.2) is 29.6 Å². The van der Waals surface area contributed by atoms with Gasteiger partial charge in [-0.25, -0.2) is 0 Å². The third-order valence-corrected chi connectivity index (χ3v) is 5.31. The van der Waals surface area contributed by atoms with Crippen molar-refractivity contribution in [1.82, 2.24) is 0 Å². The molecule has 0 aromatic heterocycles. The van der Waals surface area contributed by atoms with Gasteiger partial charge in [-0.1, -0.05) is 36.4 Å². The topological polar surface area (TPSA) is 133 Å². The molecule has 0 radical (unpaired) electrons. The van der Waals surface area contributed by atoms with Gasteiger partial charge in [-0.15, -0.1) is 5.11 Å². The molecule has 0 amide bonds. The van der Waals surface area contributed by atoms with Crippen molar-refractivity contribution >= 4 is 33.1 Å². The summed E-state index contributed by atoms with van der Waals surface area (Å²) in [5.41, 5.74) is 1.05. The van der Waals surface area contributed by atoms with Crippen LogP contribution in [0, 0.1) is 0 Å². The van der Waals surface area contributed by atoms with Crippen LogP contribution in [0.2, 0.25) is 0 Å². The number of hydrogen-bond donors (Lipinski definition) is 2. The van der Waals surface area contributed by atoms with Crippen molar-refractivity contribution in [3.05, 3.63) is 82.9 Å². The van der Waals surface area contributed by atoms with Gasteiger partial charge in [0, 0.05) is 16.7 Å². The summed E-state index contributed by atoms with van der Waals surface area (Å²) in [4.78, 5) is 24.9. The summed E-state index contributed by atoms with van der Waals surface area (Å²) in [6, 6.07) is 14.3. The van der Waals surface area contributed by atoms with E-state index in [9.17, 15) is 23.1 Å². The number of hydrogen-bond acceptors (Lipinski definition) is 7. The smallest absolute Gasteiger partial charge is 0.506 e. The third kappa shape index (κ3) is 3.85. The van der Waals surface area contributed by atoms with Gasteiger partial charge >= 0.3 is 29.6 Å². The van der Waals surface area contributed by atoms with Crippen LogP contribution in [0.4, 0.5) is 11.4 Å².